The second-order valence-electron chi connectivity index (χ2n) is 9.70. The summed E-state index contributed by atoms with van der Waals surface area (Å²) in [6, 6.07) is 19.7. The molecule has 0 radical (unpaired) electrons. The smallest absolute Gasteiger partial charge is 0.259 e. The number of nitrogens with one attached hydrogen (secondary N) is 2. The van der Waals surface area contributed by atoms with Crippen LogP contribution in [0.3, 0.4) is 0 Å². The van der Waals surface area contributed by atoms with Gasteiger partial charge >= 0.3 is 0 Å². The van der Waals surface area contributed by atoms with E-state index in [1.807, 2.05) is 43.3 Å². The summed E-state index contributed by atoms with van der Waals surface area (Å²) in [6.07, 6.45) is 0.778. The number of methoxy groups -OCH3 is 1. The molecule has 2 aliphatic rings. The van der Waals surface area contributed by atoms with Crippen LogP contribution in [0, 0.1) is 5.82 Å². The Morgan fingerprint density at radius 1 is 1.07 bits per heavy atom. The third kappa shape index (κ3) is 6.36. The molecule has 0 aliphatic carbocycles. The average molecular weight is 588 g/mol. The van der Waals surface area contributed by atoms with Crippen LogP contribution in [0.2, 0.25) is 0 Å². The first-order chi connectivity index (χ1) is 20.4. The topological polar surface area (TPSA) is 112 Å². The fourth-order valence-corrected chi connectivity index (χ4v) is 5.66. The zero-order chi connectivity index (χ0) is 29.6. The Labute approximate surface area is 247 Å². The van der Waals surface area contributed by atoms with Gasteiger partial charge < -0.3 is 15.4 Å². The highest BCUT2D eigenvalue weighted by molar-refractivity contribution is 8.15. The molecule has 0 unspecified atom stereocenters. The molecule has 0 spiro atoms. The third-order valence-electron chi connectivity index (χ3n) is 6.87. The summed E-state index contributed by atoms with van der Waals surface area (Å²) in [5.74, 6) is -0.108. The van der Waals surface area contributed by atoms with Gasteiger partial charge in [-0.1, -0.05) is 55.1 Å². The lowest BCUT2D eigenvalue weighted by molar-refractivity contribution is -0.125. The number of halogens is 1. The Kier molecular flexibility index (Phi) is 8.97. The van der Waals surface area contributed by atoms with Gasteiger partial charge in [0, 0.05) is 18.5 Å². The number of benzene rings is 3. The number of hydrogen-bond donors (Lipinski definition) is 2. The summed E-state index contributed by atoms with van der Waals surface area (Å²) in [7, 11) is 1.54. The molecule has 0 saturated carbocycles. The van der Waals surface area contributed by atoms with E-state index in [1.165, 1.54) is 35.9 Å². The molecule has 5 rings (SSSR count). The van der Waals surface area contributed by atoms with Crippen molar-refractivity contribution in [2.24, 2.45) is 9.98 Å². The van der Waals surface area contributed by atoms with E-state index in [9.17, 15) is 18.8 Å². The first-order valence-corrected chi connectivity index (χ1v) is 14.5. The highest BCUT2D eigenvalue weighted by Crippen LogP contribution is 2.36. The van der Waals surface area contributed by atoms with Crippen molar-refractivity contribution in [3.63, 3.8) is 0 Å². The Balaban J connectivity index is 1.29. The van der Waals surface area contributed by atoms with Gasteiger partial charge in [0.2, 0.25) is 11.8 Å². The maximum atomic E-state index is 13.6. The quantitative estimate of drug-likeness (QED) is 0.345. The van der Waals surface area contributed by atoms with E-state index >= 15 is 0 Å². The van der Waals surface area contributed by atoms with Crippen LogP contribution in [0.1, 0.15) is 37.3 Å². The van der Waals surface area contributed by atoms with Gasteiger partial charge in [0.25, 0.3) is 5.91 Å². The van der Waals surface area contributed by atoms with Crippen molar-refractivity contribution in [1.82, 2.24) is 10.2 Å². The molecule has 3 amide bonds. The molecular formula is C31H30FN5O4S. The van der Waals surface area contributed by atoms with Crippen molar-refractivity contribution < 1.29 is 23.5 Å². The number of carbonyl (C=O) groups is 3. The van der Waals surface area contributed by atoms with Crippen molar-refractivity contribution in [3.05, 3.63) is 89.7 Å². The van der Waals surface area contributed by atoms with E-state index < -0.39 is 11.3 Å². The Morgan fingerprint density at radius 3 is 2.57 bits per heavy atom. The third-order valence-corrected chi connectivity index (χ3v) is 8.19. The van der Waals surface area contributed by atoms with Crippen LogP contribution in [0.15, 0.2) is 82.8 Å². The van der Waals surface area contributed by atoms with Crippen molar-refractivity contribution >= 4 is 51.9 Å². The molecular weight excluding hydrogens is 557 g/mol. The van der Waals surface area contributed by atoms with Crippen LogP contribution in [0.25, 0.3) is 0 Å². The molecule has 3 aromatic carbocycles. The fourth-order valence-electron chi connectivity index (χ4n) is 4.64. The molecule has 0 aromatic heterocycles. The average Bonchev–Trinajstić information content (AvgIpc) is 3.35. The molecule has 0 fully saturated rings. The van der Waals surface area contributed by atoms with Crippen LogP contribution in [-0.2, 0) is 20.9 Å². The number of nitrogens with zero attached hydrogens (tertiary/aromatic N) is 3. The predicted octanol–water partition coefficient (Wildman–Crippen LogP) is 5.04. The number of thioether (sulfide) groups is 1. The van der Waals surface area contributed by atoms with Gasteiger partial charge in [-0.3, -0.25) is 19.4 Å². The molecule has 2 aliphatic heterocycles. The second kappa shape index (κ2) is 13.0. The number of ether oxygens (including phenoxy) is 1. The minimum atomic E-state index is -0.768. The lowest BCUT2D eigenvalue weighted by Crippen LogP contribution is -2.42. The molecule has 9 nitrogen and oxygen atoms in total. The second-order valence-corrected chi connectivity index (χ2v) is 10.9. The zero-order valence-corrected chi connectivity index (χ0v) is 24.0. The molecule has 0 bridgehead atoms. The number of amidine groups is 2. The van der Waals surface area contributed by atoms with Crippen LogP contribution in [-0.4, -0.2) is 52.0 Å². The van der Waals surface area contributed by atoms with Gasteiger partial charge in [-0.25, -0.2) is 14.3 Å². The number of aliphatic imine (C=N–C) groups is 2. The SMILES string of the molecule is CC[C@H](SC1=Nc2ccccc2C2=N[C@H](CCC(=O)NCc3ccc(F)cc3)C(=O)N12)C(=O)Nc1ccccc1OC. The molecule has 216 valence electrons. The molecule has 0 saturated heterocycles. The molecule has 11 heteroatoms. The number of amides is 3. The first-order valence-electron chi connectivity index (χ1n) is 13.6. The van der Waals surface area contributed by atoms with Gasteiger partial charge in [-0.15, -0.1) is 0 Å². The minimum absolute atomic E-state index is 0.0857. The van der Waals surface area contributed by atoms with E-state index in [-0.39, 0.29) is 42.9 Å². The lowest BCUT2D eigenvalue weighted by Gasteiger charge is -2.27. The van der Waals surface area contributed by atoms with Gasteiger partial charge in [-0.2, -0.15) is 0 Å². The first kappa shape index (κ1) is 29.0. The maximum absolute atomic E-state index is 13.6. The zero-order valence-electron chi connectivity index (χ0n) is 23.2. The lowest BCUT2D eigenvalue weighted by atomic mass is 10.1. The Hall–Kier alpha value is -4.51. The largest absolute Gasteiger partial charge is 0.495 e. The van der Waals surface area contributed by atoms with E-state index in [0.29, 0.717) is 40.1 Å². The maximum Gasteiger partial charge on any atom is 0.259 e. The van der Waals surface area contributed by atoms with E-state index in [0.717, 1.165) is 5.56 Å². The number of anilines is 1. The molecule has 2 N–H and O–H groups in total. The van der Waals surface area contributed by atoms with Crippen molar-refractivity contribution in [3.8, 4) is 5.75 Å². The standard InChI is InChI=1S/C31H30FN5O4S/c1-3-26(29(39)35-23-10-6-7-11-25(23)41-2)42-31-36-22-9-5-4-8-21(22)28-34-24(30(40)37(28)31)16-17-27(38)33-18-19-12-14-20(32)15-13-19/h4-15,24,26H,3,16-18H2,1-2H3,(H,33,38)(H,35,39)/t24-,26+/m1/s1. The normalized spacial score (nSPS) is 16.1. The van der Waals surface area contributed by atoms with Gasteiger partial charge in [0.05, 0.1) is 23.7 Å². The Bertz CT molecular complexity index is 1560. The van der Waals surface area contributed by atoms with Crippen molar-refractivity contribution in [2.45, 2.75) is 44.0 Å². The predicted molar refractivity (Wildman–Crippen MR) is 161 cm³/mol. The highest BCUT2D eigenvalue weighted by atomic mass is 32.2. The number of para-hydroxylation sites is 3. The van der Waals surface area contributed by atoms with E-state index in [4.69, 9.17) is 14.7 Å². The van der Waals surface area contributed by atoms with Gasteiger partial charge in [0.1, 0.15) is 23.4 Å². The molecule has 3 aromatic rings. The highest BCUT2D eigenvalue weighted by Gasteiger charge is 2.42. The summed E-state index contributed by atoms with van der Waals surface area (Å²) in [4.78, 5) is 50.4. The van der Waals surface area contributed by atoms with Crippen LogP contribution in [0.5, 0.6) is 5.75 Å². The molecule has 2 atom stereocenters. The number of hydrogen-bond acceptors (Lipinski definition) is 7. The van der Waals surface area contributed by atoms with E-state index in [2.05, 4.69) is 10.6 Å². The summed E-state index contributed by atoms with van der Waals surface area (Å²) in [5, 5.41) is 5.54. The van der Waals surface area contributed by atoms with Crippen LogP contribution < -0.4 is 15.4 Å². The summed E-state index contributed by atoms with van der Waals surface area (Å²) < 4.78 is 18.5. The minimum Gasteiger partial charge on any atom is -0.495 e. The van der Waals surface area contributed by atoms with Crippen molar-refractivity contribution in [2.75, 3.05) is 12.4 Å². The number of rotatable bonds is 10. The number of fused-ring (bicyclic) bond motifs is 3. The van der Waals surface area contributed by atoms with Crippen molar-refractivity contribution in [1.29, 1.82) is 0 Å². The summed E-state index contributed by atoms with van der Waals surface area (Å²) in [6.45, 7) is 2.15. The fraction of sp³-hybridized carbons (Fsp3) is 0.258. The van der Waals surface area contributed by atoms with Gasteiger partial charge in [0.15, 0.2) is 5.17 Å². The van der Waals surface area contributed by atoms with Gasteiger partial charge in [-0.05, 0) is 54.8 Å². The Morgan fingerprint density at radius 2 is 1.81 bits per heavy atom. The molecule has 42 heavy (non-hydrogen) atoms. The van der Waals surface area contributed by atoms with E-state index in [1.54, 1.807) is 24.3 Å². The monoisotopic (exact) mass is 587 g/mol. The molecule has 2 heterocycles. The van der Waals surface area contributed by atoms with Crippen LogP contribution >= 0.6 is 11.8 Å². The summed E-state index contributed by atoms with van der Waals surface area (Å²) in [5.41, 5.74) is 2.69. The van der Waals surface area contributed by atoms with Crippen LogP contribution in [0.4, 0.5) is 15.8 Å². The number of carbonyl (C=O) groups excluding carboxylic acids is 3. The summed E-state index contributed by atoms with van der Waals surface area (Å²) >= 11 is 1.20.